The summed E-state index contributed by atoms with van der Waals surface area (Å²) in [6.07, 6.45) is -0.195. The molecule has 1 aromatic heterocycles. The summed E-state index contributed by atoms with van der Waals surface area (Å²) in [5.41, 5.74) is 0. The van der Waals surface area contributed by atoms with Crippen molar-refractivity contribution in [2.75, 3.05) is 20.2 Å². The van der Waals surface area contributed by atoms with E-state index in [-0.39, 0.29) is 0 Å². The lowest BCUT2D eigenvalue weighted by Gasteiger charge is -2.18. The Labute approximate surface area is 120 Å². The standard InChI is InChI=1S/C12H18BrNO3S/c1-3-17-11(12(15)16)4-5-14(2)7-10-6-9(13)8-18-10/h6,8,11H,3-5,7H2,1-2H3,(H,15,16). The fourth-order valence-corrected chi connectivity index (χ4v) is 3.13. The molecule has 1 heterocycles. The van der Waals surface area contributed by atoms with E-state index in [2.05, 4.69) is 26.9 Å². The van der Waals surface area contributed by atoms with Gasteiger partial charge >= 0.3 is 5.97 Å². The van der Waals surface area contributed by atoms with E-state index in [1.165, 1.54) is 4.88 Å². The van der Waals surface area contributed by atoms with Gasteiger partial charge in [0.05, 0.1) is 0 Å². The Kier molecular flexibility index (Phi) is 6.85. The van der Waals surface area contributed by atoms with Gasteiger partial charge < -0.3 is 14.7 Å². The van der Waals surface area contributed by atoms with Crippen LogP contribution in [0.15, 0.2) is 15.9 Å². The predicted octanol–water partition coefficient (Wildman–Crippen LogP) is 2.82. The number of nitrogens with zero attached hydrogens (tertiary/aromatic N) is 1. The van der Waals surface area contributed by atoms with Gasteiger partial charge in [-0.25, -0.2) is 4.79 Å². The molecule has 1 rings (SSSR count). The molecule has 1 unspecified atom stereocenters. The minimum Gasteiger partial charge on any atom is -0.479 e. The summed E-state index contributed by atoms with van der Waals surface area (Å²) in [4.78, 5) is 14.3. The molecule has 1 atom stereocenters. The molecule has 102 valence electrons. The molecule has 0 spiro atoms. The molecule has 1 aromatic rings. The highest BCUT2D eigenvalue weighted by Crippen LogP contribution is 2.20. The maximum absolute atomic E-state index is 10.9. The summed E-state index contributed by atoms with van der Waals surface area (Å²) in [6.45, 7) is 3.77. The number of hydrogen-bond donors (Lipinski definition) is 1. The molecular weight excluding hydrogens is 318 g/mol. The van der Waals surface area contributed by atoms with Gasteiger partial charge in [0.2, 0.25) is 0 Å². The Hall–Kier alpha value is -0.430. The van der Waals surface area contributed by atoms with Gasteiger partial charge in [-0.2, -0.15) is 0 Å². The maximum Gasteiger partial charge on any atom is 0.332 e. The molecule has 0 aliphatic carbocycles. The van der Waals surface area contributed by atoms with E-state index in [9.17, 15) is 4.79 Å². The molecule has 0 radical (unpaired) electrons. The van der Waals surface area contributed by atoms with Gasteiger partial charge in [0.15, 0.2) is 6.10 Å². The molecule has 0 amide bonds. The minimum atomic E-state index is -0.885. The Morgan fingerprint density at radius 2 is 2.39 bits per heavy atom. The number of ether oxygens (including phenoxy) is 1. The van der Waals surface area contributed by atoms with E-state index in [1.54, 1.807) is 11.3 Å². The largest absolute Gasteiger partial charge is 0.479 e. The Bertz CT molecular complexity index is 383. The molecule has 0 fully saturated rings. The van der Waals surface area contributed by atoms with Gasteiger partial charge in [-0.3, -0.25) is 0 Å². The van der Waals surface area contributed by atoms with Crippen molar-refractivity contribution in [3.8, 4) is 0 Å². The second kappa shape index (κ2) is 7.89. The van der Waals surface area contributed by atoms with Crippen molar-refractivity contribution in [2.24, 2.45) is 0 Å². The third kappa shape index (κ3) is 5.48. The van der Waals surface area contributed by atoms with Crippen LogP contribution >= 0.6 is 27.3 Å². The normalized spacial score (nSPS) is 12.9. The summed E-state index contributed by atoms with van der Waals surface area (Å²) in [7, 11) is 1.98. The van der Waals surface area contributed by atoms with Gasteiger partial charge in [-0.15, -0.1) is 11.3 Å². The van der Waals surface area contributed by atoms with Crippen molar-refractivity contribution in [1.82, 2.24) is 4.90 Å². The predicted molar refractivity (Wildman–Crippen MR) is 76.0 cm³/mol. The molecule has 0 saturated carbocycles. The fourth-order valence-electron chi connectivity index (χ4n) is 1.60. The summed E-state index contributed by atoms with van der Waals surface area (Å²) < 4.78 is 6.27. The molecule has 0 aliphatic rings. The van der Waals surface area contributed by atoms with E-state index in [0.29, 0.717) is 19.6 Å². The Morgan fingerprint density at radius 3 is 2.89 bits per heavy atom. The number of rotatable bonds is 8. The number of carboxylic acids is 1. The summed E-state index contributed by atoms with van der Waals surface area (Å²) in [5, 5.41) is 11.0. The van der Waals surface area contributed by atoms with E-state index in [0.717, 1.165) is 11.0 Å². The summed E-state index contributed by atoms with van der Waals surface area (Å²) >= 11 is 5.11. The number of thiophene rings is 1. The van der Waals surface area contributed by atoms with Gasteiger partial charge in [0.1, 0.15) is 0 Å². The Balaban J connectivity index is 2.35. The summed E-state index contributed by atoms with van der Waals surface area (Å²) in [6, 6.07) is 2.08. The topological polar surface area (TPSA) is 49.8 Å². The van der Waals surface area contributed by atoms with Crippen molar-refractivity contribution in [2.45, 2.75) is 26.0 Å². The zero-order chi connectivity index (χ0) is 13.5. The molecule has 1 N–H and O–H groups in total. The van der Waals surface area contributed by atoms with Crippen LogP contribution in [0.1, 0.15) is 18.2 Å². The first-order chi connectivity index (χ1) is 8.52. The van der Waals surface area contributed by atoms with Crippen molar-refractivity contribution in [3.05, 3.63) is 20.8 Å². The fraction of sp³-hybridized carbons (Fsp3) is 0.583. The average molecular weight is 336 g/mol. The second-order valence-corrected chi connectivity index (χ2v) is 5.95. The van der Waals surface area contributed by atoms with Gasteiger partial charge in [-0.1, -0.05) is 0 Å². The second-order valence-electron chi connectivity index (χ2n) is 4.04. The zero-order valence-electron chi connectivity index (χ0n) is 10.6. The highest BCUT2D eigenvalue weighted by molar-refractivity contribution is 9.10. The van der Waals surface area contributed by atoms with Crippen molar-refractivity contribution < 1.29 is 14.6 Å². The van der Waals surface area contributed by atoms with Crippen LogP contribution in [0.4, 0.5) is 0 Å². The van der Waals surface area contributed by atoms with Crippen LogP contribution in [0.5, 0.6) is 0 Å². The molecule has 18 heavy (non-hydrogen) atoms. The third-order valence-corrected chi connectivity index (χ3v) is 4.15. The first-order valence-corrected chi connectivity index (χ1v) is 7.46. The molecule has 0 saturated heterocycles. The first kappa shape index (κ1) is 15.6. The third-order valence-electron chi connectivity index (χ3n) is 2.46. The monoisotopic (exact) mass is 335 g/mol. The summed E-state index contributed by atoms with van der Waals surface area (Å²) in [5.74, 6) is -0.885. The lowest BCUT2D eigenvalue weighted by molar-refractivity contribution is -0.150. The number of aliphatic carboxylic acids is 1. The quantitative estimate of drug-likeness (QED) is 0.793. The van der Waals surface area contributed by atoms with E-state index >= 15 is 0 Å². The SMILES string of the molecule is CCOC(CCN(C)Cc1cc(Br)cs1)C(=O)O. The number of hydrogen-bond acceptors (Lipinski definition) is 4. The van der Waals surface area contributed by atoms with Crippen molar-refractivity contribution in [3.63, 3.8) is 0 Å². The van der Waals surface area contributed by atoms with Gasteiger partial charge in [0.25, 0.3) is 0 Å². The lowest BCUT2D eigenvalue weighted by atomic mass is 10.2. The number of carbonyl (C=O) groups is 1. The zero-order valence-corrected chi connectivity index (χ0v) is 13.0. The lowest BCUT2D eigenvalue weighted by Crippen LogP contribution is -2.29. The van der Waals surface area contributed by atoms with E-state index in [4.69, 9.17) is 9.84 Å². The van der Waals surface area contributed by atoms with Crippen LogP contribution in [0.3, 0.4) is 0 Å². The van der Waals surface area contributed by atoms with E-state index < -0.39 is 12.1 Å². The van der Waals surface area contributed by atoms with Crippen LogP contribution < -0.4 is 0 Å². The molecular formula is C12H18BrNO3S. The first-order valence-electron chi connectivity index (χ1n) is 5.78. The average Bonchev–Trinajstić information content (AvgIpc) is 2.69. The van der Waals surface area contributed by atoms with Crippen LogP contribution in [0.2, 0.25) is 0 Å². The van der Waals surface area contributed by atoms with Gasteiger partial charge in [0, 0.05) is 34.4 Å². The number of carboxylic acid groups (broad SMARTS) is 1. The Morgan fingerprint density at radius 1 is 1.67 bits per heavy atom. The van der Waals surface area contributed by atoms with Crippen LogP contribution in [-0.2, 0) is 16.1 Å². The molecule has 0 aromatic carbocycles. The highest BCUT2D eigenvalue weighted by Gasteiger charge is 2.17. The van der Waals surface area contributed by atoms with Gasteiger partial charge in [-0.05, 0) is 42.4 Å². The highest BCUT2D eigenvalue weighted by atomic mass is 79.9. The van der Waals surface area contributed by atoms with Crippen molar-refractivity contribution >= 4 is 33.2 Å². The molecule has 0 bridgehead atoms. The minimum absolute atomic E-state index is 0.429. The van der Waals surface area contributed by atoms with E-state index in [1.807, 2.05) is 19.4 Å². The smallest absolute Gasteiger partial charge is 0.332 e. The molecule has 0 aliphatic heterocycles. The van der Waals surface area contributed by atoms with Crippen LogP contribution in [-0.4, -0.2) is 42.3 Å². The molecule has 4 nitrogen and oxygen atoms in total. The number of halogens is 1. The maximum atomic E-state index is 10.9. The van der Waals surface area contributed by atoms with Crippen LogP contribution in [0.25, 0.3) is 0 Å². The molecule has 6 heteroatoms. The van der Waals surface area contributed by atoms with Crippen molar-refractivity contribution in [1.29, 1.82) is 0 Å². The van der Waals surface area contributed by atoms with Crippen LogP contribution in [0, 0.1) is 0 Å².